The van der Waals surface area contributed by atoms with Gasteiger partial charge in [0.15, 0.2) is 0 Å². The molecule has 2 atom stereocenters. The van der Waals surface area contributed by atoms with Gasteiger partial charge < -0.3 is 9.64 Å². The molecule has 1 unspecified atom stereocenters. The standard InChI is InChI=1S/C21H23N3O2/c1-14-10-11-17-16(12-14)24-18(13-26-17)21(2,15-8-6-5-7-9-15)19(22-24)20(25)23(3)4/h5-12,18H,13H2,1-4H3/t18?,21-/m1/s1. The molecule has 134 valence electrons. The molecule has 0 aromatic heterocycles. The molecule has 0 radical (unpaired) electrons. The number of hydrogen-bond acceptors (Lipinski definition) is 4. The first-order chi connectivity index (χ1) is 12.4. The summed E-state index contributed by atoms with van der Waals surface area (Å²) in [6.07, 6.45) is 0. The molecule has 0 saturated carbocycles. The topological polar surface area (TPSA) is 45.1 Å². The highest BCUT2D eigenvalue weighted by Gasteiger charge is 2.54. The quantitative estimate of drug-likeness (QED) is 0.837. The highest BCUT2D eigenvalue weighted by Crippen LogP contribution is 2.46. The van der Waals surface area contributed by atoms with Gasteiger partial charge in [0.25, 0.3) is 5.91 Å². The van der Waals surface area contributed by atoms with Crippen LogP contribution in [0.15, 0.2) is 53.6 Å². The minimum atomic E-state index is -0.552. The molecule has 0 N–H and O–H groups in total. The van der Waals surface area contributed by atoms with E-state index in [0.29, 0.717) is 12.3 Å². The summed E-state index contributed by atoms with van der Waals surface area (Å²) in [4.78, 5) is 14.6. The summed E-state index contributed by atoms with van der Waals surface area (Å²) in [5.41, 5.74) is 3.13. The summed E-state index contributed by atoms with van der Waals surface area (Å²) in [6, 6.07) is 16.1. The van der Waals surface area contributed by atoms with E-state index in [9.17, 15) is 4.79 Å². The number of ether oxygens (including phenoxy) is 1. The molecule has 0 aliphatic carbocycles. The van der Waals surface area contributed by atoms with E-state index in [2.05, 4.69) is 25.1 Å². The second-order valence-corrected chi connectivity index (χ2v) is 7.36. The van der Waals surface area contributed by atoms with Gasteiger partial charge in [0.2, 0.25) is 0 Å². The minimum absolute atomic E-state index is 0.0695. The Labute approximate surface area is 153 Å². The Balaban J connectivity index is 1.90. The highest BCUT2D eigenvalue weighted by molar-refractivity contribution is 6.43. The van der Waals surface area contributed by atoms with Crippen molar-refractivity contribution in [3.63, 3.8) is 0 Å². The molecule has 2 aliphatic heterocycles. The number of carbonyl (C=O) groups excluding carboxylic acids is 1. The number of hydrogen-bond donors (Lipinski definition) is 0. The first-order valence-corrected chi connectivity index (χ1v) is 8.82. The summed E-state index contributed by atoms with van der Waals surface area (Å²) >= 11 is 0. The Kier molecular flexibility index (Phi) is 3.75. The van der Waals surface area contributed by atoms with Crippen LogP contribution in [0.4, 0.5) is 5.69 Å². The van der Waals surface area contributed by atoms with Gasteiger partial charge in [-0.1, -0.05) is 36.4 Å². The van der Waals surface area contributed by atoms with Crippen molar-refractivity contribution in [1.29, 1.82) is 0 Å². The van der Waals surface area contributed by atoms with Crippen molar-refractivity contribution in [1.82, 2.24) is 4.90 Å². The maximum atomic E-state index is 13.0. The van der Waals surface area contributed by atoms with Crippen molar-refractivity contribution >= 4 is 17.3 Å². The lowest BCUT2D eigenvalue weighted by Crippen LogP contribution is -2.53. The van der Waals surface area contributed by atoms with Crippen LogP contribution in [0.5, 0.6) is 5.75 Å². The monoisotopic (exact) mass is 349 g/mol. The molecule has 2 heterocycles. The van der Waals surface area contributed by atoms with Crippen LogP contribution in [0.1, 0.15) is 18.1 Å². The van der Waals surface area contributed by atoms with Crippen molar-refractivity contribution in [2.24, 2.45) is 5.10 Å². The first-order valence-electron chi connectivity index (χ1n) is 8.82. The molecule has 4 rings (SSSR count). The summed E-state index contributed by atoms with van der Waals surface area (Å²) < 4.78 is 6.06. The number of fused-ring (bicyclic) bond motifs is 3. The number of rotatable bonds is 2. The number of hydrazone groups is 1. The van der Waals surface area contributed by atoms with Gasteiger partial charge in [-0.15, -0.1) is 0 Å². The first kappa shape index (κ1) is 16.6. The van der Waals surface area contributed by atoms with Crippen molar-refractivity contribution in [3.05, 3.63) is 59.7 Å². The number of nitrogens with zero attached hydrogens (tertiary/aromatic N) is 3. The summed E-state index contributed by atoms with van der Waals surface area (Å²) in [5.74, 6) is 0.740. The van der Waals surface area contributed by atoms with Gasteiger partial charge in [0.05, 0.1) is 5.41 Å². The molecule has 0 spiro atoms. The average Bonchev–Trinajstić information content (AvgIpc) is 2.96. The van der Waals surface area contributed by atoms with Gasteiger partial charge in [-0.2, -0.15) is 5.10 Å². The molecule has 5 heteroatoms. The molecule has 2 aromatic carbocycles. The van der Waals surface area contributed by atoms with Gasteiger partial charge in [0.1, 0.15) is 29.8 Å². The van der Waals surface area contributed by atoms with E-state index < -0.39 is 5.41 Å². The molecule has 2 aliphatic rings. The SMILES string of the molecule is Cc1ccc2c(c1)N1N=C(C(=O)N(C)C)[C@](C)(c3ccccc3)C1CO2. The molecule has 0 bridgehead atoms. The predicted molar refractivity (Wildman–Crippen MR) is 103 cm³/mol. The van der Waals surface area contributed by atoms with Crippen molar-refractivity contribution < 1.29 is 9.53 Å². The van der Waals surface area contributed by atoms with E-state index in [1.54, 1.807) is 19.0 Å². The Morgan fingerprint density at radius 1 is 1.23 bits per heavy atom. The third-order valence-corrected chi connectivity index (χ3v) is 5.40. The molecule has 5 nitrogen and oxygen atoms in total. The van der Waals surface area contributed by atoms with Crippen LogP contribution in [0.3, 0.4) is 0 Å². The third kappa shape index (κ3) is 2.30. The fraction of sp³-hybridized carbons (Fsp3) is 0.333. The molecule has 2 aromatic rings. The van der Waals surface area contributed by atoms with Crippen LogP contribution < -0.4 is 9.75 Å². The zero-order chi connectivity index (χ0) is 18.5. The van der Waals surface area contributed by atoms with E-state index in [1.807, 2.05) is 42.3 Å². The van der Waals surface area contributed by atoms with Gasteiger partial charge in [-0.05, 0) is 37.1 Å². The molecule has 1 amide bonds. The third-order valence-electron chi connectivity index (χ3n) is 5.40. The number of aryl methyl sites for hydroxylation is 1. The van der Waals surface area contributed by atoms with Crippen LogP contribution in [-0.2, 0) is 10.2 Å². The Bertz CT molecular complexity index is 891. The molecule has 0 fully saturated rings. The lowest BCUT2D eigenvalue weighted by atomic mass is 9.72. The van der Waals surface area contributed by atoms with Gasteiger partial charge in [-0.3, -0.25) is 9.80 Å². The van der Waals surface area contributed by atoms with Crippen LogP contribution in [0.2, 0.25) is 0 Å². The Morgan fingerprint density at radius 3 is 2.65 bits per heavy atom. The van der Waals surface area contributed by atoms with Crippen LogP contribution >= 0.6 is 0 Å². The lowest BCUT2D eigenvalue weighted by Gasteiger charge is -2.39. The number of carbonyl (C=O) groups is 1. The van der Waals surface area contributed by atoms with Gasteiger partial charge >= 0.3 is 0 Å². The van der Waals surface area contributed by atoms with E-state index in [1.165, 1.54) is 0 Å². The van der Waals surface area contributed by atoms with E-state index in [0.717, 1.165) is 22.6 Å². The van der Waals surface area contributed by atoms with Crippen LogP contribution in [0, 0.1) is 6.92 Å². The van der Waals surface area contributed by atoms with Crippen molar-refractivity contribution in [2.75, 3.05) is 25.7 Å². The van der Waals surface area contributed by atoms with Gasteiger partial charge in [0, 0.05) is 14.1 Å². The lowest BCUT2D eigenvalue weighted by molar-refractivity contribution is -0.122. The van der Waals surface area contributed by atoms with E-state index >= 15 is 0 Å². The second-order valence-electron chi connectivity index (χ2n) is 7.36. The van der Waals surface area contributed by atoms with Crippen LogP contribution in [-0.4, -0.2) is 43.3 Å². The Morgan fingerprint density at radius 2 is 1.96 bits per heavy atom. The smallest absolute Gasteiger partial charge is 0.270 e. The highest BCUT2D eigenvalue weighted by atomic mass is 16.5. The Hall–Kier alpha value is -2.82. The minimum Gasteiger partial charge on any atom is -0.489 e. The molecule has 26 heavy (non-hydrogen) atoms. The van der Waals surface area contributed by atoms with Gasteiger partial charge in [-0.25, -0.2) is 0 Å². The van der Waals surface area contributed by atoms with E-state index in [4.69, 9.17) is 9.84 Å². The van der Waals surface area contributed by atoms with E-state index in [-0.39, 0.29) is 11.9 Å². The molecular weight excluding hydrogens is 326 g/mol. The maximum absolute atomic E-state index is 13.0. The average molecular weight is 349 g/mol. The summed E-state index contributed by atoms with van der Waals surface area (Å²) in [7, 11) is 3.53. The zero-order valence-electron chi connectivity index (χ0n) is 15.6. The largest absolute Gasteiger partial charge is 0.489 e. The maximum Gasteiger partial charge on any atom is 0.270 e. The van der Waals surface area contributed by atoms with Crippen molar-refractivity contribution in [2.45, 2.75) is 25.3 Å². The molecular formula is C21H23N3O2. The zero-order valence-corrected chi connectivity index (χ0v) is 15.6. The fourth-order valence-corrected chi connectivity index (χ4v) is 3.83. The summed E-state index contributed by atoms with van der Waals surface area (Å²) in [5, 5.41) is 6.80. The number of anilines is 1. The number of benzene rings is 2. The predicted octanol–water partition coefficient (Wildman–Crippen LogP) is 2.98. The summed E-state index contributed by atoms with van der Waals surface area (Å²) in [6.45, 7) is 4.62. The normalized spacial score (nSPS) is 23.6. The number of amides is 1. The van der Waals surface area contributed by atoms with Crippen LogP contribution in [0.25, 0.3) is 0 Å². The van der Waals surface area contributed by atoms with Crippen molar-refractivity contribution in [3.8, 4) is 5.75 Å². The molecule has 0 saturated heterocycles. The second kappa shape index (κ2) is 5.87. The fourth-order valence-electron chi connectivity index (χ4n) is 3.83.